The van der Waals surface area contributed by atoms with Gasteiger partial charge in [0.05, 0.1) is 16.2 Å². The maximum Gasteiger partial charge on any atom is 0.304 e. The van der Waals surface area contributed by atoms with Crippen molar-refractivity contribution in [2.24, 2.45) is 0 Å². The molecule has 0 heterocycles. The van der Waals surface area contributed by atoms with Crippen LogP contribution in [0.1, 0.15) is 12.0 Å². The molecule has 9 heteroatoms. The zero-order valence-electron chi connectivity index (χ0n) is 10.9. The van der Waals surface area contributed by atoms with E-state index in [1.807, 2.05) is 0 Å². The Morgan fingerprint density at radius 1 is 1.45 bits per heavy atom. The Balaban J connectivity index is 3.12. The first-order valence-electron chi connectivity index (χ1n) is 5.59. The fourth-order valence-corrected chi connectivity index (χ4v) is 2.69. The Morgan fingerprint density at radius 3 is 2.55 bits per heavy atom. The number of sulfonamides is 1. The maximum atomic E-state index is 12.1. The number of hydrogen-bond acceptors (Lipinski definition) is 5. The molecule has 1 N–H and O–H groups in total. The number of nitrogens with zero attached hydrogens (tertiary/aromatic N) is 2. The number of carbonyl (C=O) groups is 1. The quantitative estimate of drug-likeness (QED) is 0.618. The fourth-order valence-electron chi connectivity index (χ4n) is 1.50. The fraction of sp³-hybridized carbons (Fsp3) is 0.364. The van der Waals surface area contributed by atoms with E-state index in [0.29, 0.717) is 5.56 Å². The number of carboxylic acids is 1. The Morgan fingerprint density at radius 2 is 2.05 bits per heavy atom. The van der Waals surface area contributed by atoms with Crippen LogP contribution in [0.15, 0.2) is 23.1 Å². The van der Waals surface area contributed by atoms with Gasteiger partial charge in [-0.1, -0.05) is 6.07 Å². The minimum Gasteiger partial charge on any atom is -0.481 e. The molecule has 0 radical (unpaired) electrons. The summed E-state index contributed by atoms with van der Waals surface area (Å²) in [6, 6.07) is 3.58. The van der Waals surface area contributed by atoms with E-state index < -0.39 is 20.9 Å². The van der Waals surface area contributed by atoms with Crippen molar-refractivity contribution in [2.75, 3.05) is 13.6 Å². The third-order valence-corrected chi connectivity index (χ3v) is 4.58. The highest BCUT2D eigenvalue weighted by atomic mass is 32.2. The van der Waals surface area contributed by atoms with Gasteiger partial charge >= 0.3 is 5.97 Å². The summed E-state index contributed by atoms with van der Waals surface area (Å²) >= 11 is 0. The van der Waals surface area contributed by atoms with Crippen LogP contribution in [0.3, 0.4) is 0 Å². The van der Waals surface area contributed by atoms with Crippen molar-refractivity contribution in [1.29, 1.82) is 0 Å². The minimum atomic E-state index is -3.94. The molecule has 0 aliphatic carbocycles. The number of rotatable bonds is 6. The van der Waals surface area contributed by atoms with Crippen LogP contribution < -0.4 is 0 Å². The predicted octanol–water partition coefficient (Wildman–Crippen LogP) is 0.998. The average molecular weight is 302 g/mol. The maximum absolute atomic E-state index is 12.1. The van der Waals surface area contributed by atoms with Crippen LogP contribution in [0.25, 0.3) is 0 Å². The van der Waals surface area contributed by atoms with Gasteiger partial charge in [0.1, 0.15) is 0 Å². The highest BCUT2D eigenvalue weighted by Gasteiger charge is 2.24. The molecule has 0 saturated carbocycles. The van der Waals surface area contributed by atoms with Gasteiger partial charge in [-0.2, -0.15) is 0 Å². The first kappa shape index (κ1) is 16.1. The molecule has 8 nitrogen and oxygen atoms in total. The van der Waals surface area contributed by atoms with Crippen LogP contribution in [-0.2, 0) is 14.8 Å². The molecule has 1 aromatic rings. The minimum absolute atomic E-state index is 0.209. The summed E-state index contributed by atoms with van der Waals surface area (Å²) in [6.45, 7) is 1.29. The second-order valence-corrected chi connectivity index (χ2v) is 6.22. The van der Waals surface area contributed by atoms with Crippen LogP contribution in [0.5, 0.6) is 0 Å². The van der Waals surface area contributed by atoms with E-state index in [4.69, 9.17) is 5.11 Å². The van der Waals surface area contributed by atoms with E-state index in [1.165, 1.54) is 26.1 Å². The van der Waals surface area contributed by atoms with E-state index >= 15 is 0 Å². The lowest BCUT2D eigenvalue weighted by molar-refractivity contribution is -0.385. The Labute approximate surface area is 115 Å². The first-order valence-corrected chi connectivity index (χ1v) is 7.03. The zero-order valence-corrected chi connectivity index (χ0v) is 11.8. The molecule has 20 heavy (non-hydrogen) atoms. The first-order chi connectivity index (χ1) is 9.16. The molecule has 0 amide bonds. The smallest absolute Gasteiger partial charge is 0.304 e. The molecule has 0 aliphatic heterocycles. The second-order valence-electron chi connectivity index (χ2n) is 4.18. The zero-order chi connectivity index (χ0) is 15.5. The standard InChI is InChI=1S/C11H14N2O6S/c1-8-3-4-9(7-10(8)13(16)17)20(18,19)12(2)6-5-11(14)15/h3-4,7H,5-6H2,1-2H3,(H,14,15). The van der Waals surface area contributed by atoms with E-state index in [-0.39, 0.29) is 23.5 Å². The van der Waals surface area contributed by atoms with Gasteiger partial charge in [0.25, 0.3) is 5.69 Å². The number of nitro benzene ring substituents is 1. The average Bonchev–Trinajstić information content (AvgIpc) is 2.35. The summed E-state index contributed by atoms with van der Waals surface area (Å²) in [5, 5.41) is 19.3. The highest BCUT2D eigenvalue weighted by Crippen LogP contribution is 2.24. The molecule has 1 rings (SSSR count). The molecule has 0 saturated heterocycles. The third-order valence-electron chi connectivity index (χ3n) is 2.73. The van der Waals surface area contributed by atoms with E-state index in [2.05, 4.69) is 0 Å². The molecule has 110 valence electrons. The number of nitro groups is 1. The monoisotopic (exact) mass is 302 g/mol. The van der Waals surface area contributed by atoms with Gasteiger partial charge in [-0.05, 0) is 13.0 Å². The molecule has 0 bridgehead atoms. The van der Waals surface area contributed by atoms with Gasteiger partial charge < -0.3 is 5.11 Å². The van der Waals surface area contributed by atoms with Crippen molar-refractivity contribution in [1.82, 2.24) is 4.31 Å². The van der Waals surface area contributed by atoms with Crippen LogP contribution in [0, 0.1) is 17.0 Å². The van der Waals surface area contributed by atoms with Gasteiger partial charge in [-0.15, -0.1) is 0 Å². The lowest BCUT2D eigenvalue weighted by Gasteiger charge is -2.16. The molecule has 0 aromatic heterocycles. The van der Waals surface area contributed by atoms with Gasteiger partial charge in [0.2, 0.25) is 10.0 Å². The highest BCUT2D eigenvalue weighted by molar-refractivity contribution is 7.89. The summed E-state index contributed by atoms with van der Waals surface area (Å²) in [4.78, 5) is 20.4. The third kappa shape index (κ3) is 3.52. The summed E-state index contributed by atoms with van der Waals surface area (Å²) in [7, 11) is -2.72. The van der Waals surface area contributed by atoms with Crippen molar-refractivity contribution < 1.29 is 23.2 Å². The summed E-state index contributed by atoms with van der Waals surface area (Å²) in [6.07, 6.45) is -0.344. The van der Waals surface area contributed by atoms with Crippen LogP contribution in [0.4, 0.5) is 5.69 Å². The Bertz CT molecular complexity index is 640. The lowest BCUT2D eigenvalue weighted by Crippen LogP contribution is -2.29. The molecular weight excluding hydrogens is 288 g/mol. The van der Waals surface area contributed by atoms with E-state index in [0.717, 1.165) is 10.4 Å². The molecule has 1 aromatic carbocycles. The SMILES string of the molecule is Cc1ccc(S(=O)(=O)N(C)CCC(=O)O)cc1[N+](=O)[O-]. The van der Waals surface area contributed by atoms with Crippen LogP contribution >= 0.6 is 0 Å². The largest absolute Gasteiger partial charge is 0.481 e. The van der Waals surface area contributed by atoms with Crippen molar-refractivity contribution >= 4 is 21.7 Å². The van der Waals surface area contributed by atoms with Gasteiger partial charge in [-0.25, -0.2) is 12.7 Å². The van der Waals surface area contributed by atoms with E-state index in [1.54, 1.807) is 0 Å². The van der Waals surface area contributed by atoms with Crippen molar-refractivity contribution in [3.8, 4) is 0 Å². The number of carboxylic acid groups (broad SMARTS) is 1. The second kappa shape index (κ2) is 5.97. The molecule has 0 fully saturated rings. The van der Waals surface area contributed by atoms with Crippen molar-refractivity contribution in [3.05, 3.63) is 33.9 Å². The van der Waals surface area contributed by atoms with Crippen LogP contribution in [0.2, 0.25) is 0 Å². The van der Waals surface area contributed by atoms with Crippen molar-refractivity contribution in [2.45, 2.75) is 18.2 Å². The number of aliphatic carboxylic acids is 1. The lowest BCUT2D eigenvalue weighted by atomic mass is 10.2. The predicted molar refractivity (Wildman–Crippen MR) is 69.9 cm³/mol. The summed E-state index contributed by atoms with van der Waals surface area (Å²) in [5.74, 6) is -1.12. The normalized spacial score (nSPS) is 11.6. The number of benzene rings is 1. The molecule has 0 unspecified atom stereocenters. The van der Waals surface area contributed by atoms with E-state index in [9.17, 15) is 23.3 Å². The summed E-state index contributed by atoms with van der Waals surface area (Å²) < 4.78 is 25.1. The van der Waals surface area contributed by atoms with Crippen molar-refractivity contribution in [3.63, 3.8) is 0 Å². The van der Waals surface area contributed by atoms with Gasteiger partial charge in [0, 0.05) is 25.2 Å². The molecule has 0 aliphatic rings. The number of hydrogen-bond donors (Lipinski definition) is 1. The molecule has 0 spiro atoms. The topological polar surface area (TPSA) is 118 Å². The molecular formula is C11H14N2O6S. The van der Waals surface area contributed by atoms with Crippen LogP contribution in [-0.4, -0.2) is 42.3 Å². The van der Waals surface area contributed by atoms with Gasteiger partial charge in [0.15, 0.2) is 0 Å². The molecule has 0 atom stereocenters. The number of aryl methyl sites for hydroxylation is 1. The van der Waals surface area contributed by atoms with Gasteiger partial charge in [-0.3, -0.25) is 14.9 Å². The Kier molecular flexibility index (Phi) is 4.79. The Hall–Kier alpha value is -2.00. The summed E-state index contributed by atoms with van der Waals surface area (Å²) in [5.41, 5.74) is 0.0554.